The van der Waals surface area contributed by atoms with Crippen LogP contribution in [0.5, 0.6) is 0 Å². The molecule has 0 unspecified atom stereocenters. The second-order valence-electron chi connectivity index (χ2n) is 3.66. The molecule has 0 aromatic heterocycles. The van der Waals surface area contributed by atoms with Crippen LogP contribution >= 0.6 is 0 Å². The first-order valence-electron chi connectivity index (χ1n) is 4.12. The van der Waals surface area contributed by atoms with Crippen LogP contribution in [0, 0.1) is 0 Å². The number of hydrogen-bond donors (Lipinski definition) is 0. The normalized spacial score (nSPS) is 12.0. The van der Waals surface area contributed by atoms with Crippen molar-refractivity contribution >= 4 is 13.3 Å². The second-order valence-corrected chi connectivity index (χ2v) is 14.8. The van der Waals surface area contributed by atoms with Crippen molar-refractivity contribution in [2.45, 2.75) is 48.7 Å². The van der Waals surface area contributed by atoms with E-state index in [4.69, 9.17) is 0 Å². The van der Waals surface area contributed by atoms with Crippen LogP contribution in [0.15, 0.2) is 0 Å². The van der Waals surface area contributed by atoms with Crippen LogP contribution < -0.4 is 0 Å². The second kappa shape index (κ2) is 4.37. The molecule has 56 valence electrons. The van der Waals surface area contributed by atoms with Gasteiger partial charge in [0.05, 0.1) is 0 Å². The Kier molecular flexibility index (Phi) is 4.64. The molecule has 0 spiro atoms. The molecule has 0 saturated heterocycles. The maximum atomic E-state index is 2.55. The average molecular weight is 189 g/mol. The molecule has 0 aromatic rings. The van der Waals surface area contributed by atoms with E-state index in [2.05, 4.69) is 25.4 Å². The van der Waals surface area contributed by atoms with E-state index in [9.17, 15) is 0 Å². The van der Waals surface area contributed by atoms with Crippen LogP contribution in [0.4, 0.5) is 0 Å². The fourth-order valence-electron chi connectivity index (χ4n) is 1.48. The molecular weight excluding hydrogens is 169 g/mol. The zero-order valence-electron chi connectivity index (χ0n) is 7.33. The summed E-state index contributed by atoms with van der Waals surface area (Å²) in [5, 5.41) is 3.13. The molecule has 1 heteroatoms. The molecule has 0 saturated carbocycles. The van der Waals surface area contributed by atoms with Crippen LogP contribution in [0.3, 0.4) is 0 Å². The summed E-state index contributed by atoms with van der Waals surface area (Å²) in [6, 6.07) is 0. The molecule has 0 fully saturated rings. The van der Waals surface area contributed by atoms with Gasteiger partial charge in [0.15, 0.2) is 0 Å². The van der Waals surface area contributed by atoms with Gasteiger partial charge in [0, 0.05) is 0 Å². The molecule has 0 aliphatic carbocycles. The molecule has 0 nitrogen and oxygen atoms in total. The fourth-order valence-corrected chi connectivity index (χ4v) is 7.68. The van der Waals surface area contributed by atoms with E-state index in [-0.39, 0.29) is 0 Å². The molecule has 0 amide bonds. The minimum atomic E-state index is -1.16. The van der Waals surface area contributed by atoms with E-state index in [1.165, 1.54) is 12.8 Å². The van der Waals surface area contributed by atoms with Gasteiger partial charge in [-0.3, -0.25) is 0 Å². The van der Waals surface area contributed by atoms with Crippen LogP contribution in [0.25, 0.3) is 0 Å². The van der Waals surface area contributed by atoms with E-state index < -0.39 is 13.3 Å². The van der Waals surface area contributed by atoms with Gasteiger partial charge in [-0.15, -0.1) is 0 Å². The Hall–Kier alpha value is 0.543. The summed E-state index contributed by atoms with van der Waals surface area (Å²) in [7, 11) is 0. The van der Waals surface area contributed by atoms with E-state index >= 15 is 0 Å². The Morgan fingerprint density at radius 3 is 1.44 bits per heavy atom. The van der Waals surface area contributed by atoms with Gasteiger partial charge in [-0.1, -0.05) is 0 Å². The number of hydrogen-bond acceptors (Lipinski definition) is 0. The summed E-state index contributed by atoms with van der Waals surface area (Å²) in [5.41, 5.74) is 0. The summed E-state index contributed by atoms with van der Waals surface area (Å²) in [6.45, 7) is 4.62. The Balaban J connectivity index is 3.43. The van der Waals surface area contributed by atoms with E-state index in [0.29, 0.717) is 0 Å². The summed E-state index contributed by atoms with van der Waals surface area (Å²) in [5.74, 6) is 5.10. The van der Waals surface area contributed by atoms with Gasteiger partial charge >= 0.3 is 62.0 Å². The molecule has 0 aromatic carbocycles. The molecule has 0 aliphatic heterocycles. The van der Waals surface area contributed by atoms with Crippen LogP contribution in [0.1, 0.15) is 26.7 Å². The third-order valence-electron chi connectivity index (χ3n) is 1.85. The maximum absolute atomic E-state index is 2.55. The Labute approximate surface area is 62.4 Å². The third kappa shape index (κ3) is 5.01. The zero-order chi connectivity index (χ0) is 7.33. The first-order valence-corrected chi connectivity index (χ1v) is 11.3. The van der Waals surface area contributed by atoms with Crippen molar-refractivity contribution in [3.63, 3.8) is 0 Å². The molecule has 0 rings (SSSR count). The first kappa shape index (κ1) is 9.54. The summed E-state index contributed by atoms with van der Waals surface area (Å²) in [4.78, 5) is 0. The minimum absolute atomic E-state index is 1.16. The van der Waals surface area contributed by atoms with Crippen LogP contribution in [0.2, 0.25) is 22.0 Å². The van der Waals surface area contributed by atoms with Gasteiger partial charge < -0.3 is 0 Å². The van der Waals surface area contributed by atoms with Crippen molar-refractivity contribution in [1.29, 1.82) is 0 Å². The standard InChI is InChI=1S/C8H20Ge/c1-5-7-9(3,4)8-6-2/h5-8H2,1-4H3. The Morgan fingerprint density at radius 2 is 1.22 bits per heavy atom. The summed E-state index contributed by atoms with van der Waals surface area (Å²) >= 11 is -1.16. The van der Waals surface area contributed by atoms with Gasteiger partial charge in [-0.05, 0) is 0 Å². The fraction of sp³-hybridized carbons (Fsp3) is 1.00. The molecule has 0 bridgehead atoms. The van der Waals surface area contributed by atoms with Gasteiger partial charge in [0.25, 0.3) is 0 Å². The van der Waals surface area contributed by atoms with Crippen LogP contribution in [-0.4, -0.2) is 13.3 Å². The van der Waals surface area contributed by atoms with E-state index in [1.807, 2.05) is 0 Å². The average Bonchev–Trinajstić information content (AvgIpc) is 1.64. The van der Waals surface area contributed by atoms with Gasteiger partial charge in [-0.2, -0.15) is 0 Å². The molecule has 0 atom stereocenters. The van der Waals surface area contributed by atoms with Crippen molar-refractivity contribution in [2.75, 3.05) is 0 Å². The van der Waals surface area contributed by atoms with Crippen molar-refractivity contribution in [3.8, 4) is 0 Å². The number of rotatable bonds is 4. The topological polar surface area (TPSA) is 0 Å². The zero-order valence-corrected chi connectivity index (χ0v) is 9.43. The Morgan fingerprint density at radius 1 is 0.889 bits per heavy atom. The quantitative estimate of drug-likeness (QED) is 0.593. The Bertz CT molecular complexity index is 59.0. The molecule has 0 radical (unpaired) electrons. The molecule has 0 heterocycles. The van der Waals surface area contributed by atoms with Gasteiger partial charge in [0.1, 0.15) is 0 Å². The van der Waals surface area contributed by atoms with Crippen molar-refractivity contribution in [3.05, 3.63) is 0 Å². The van der Waals surface area contributed by atoms with E-state index in [0.717, 1.165) is 0 Å². The predicted molar refractivity (Wildman–Crippen MR) is 47.7 cm³/mol. The molecule has 9 heavy (non-hydrogen) atoms. The van der Waals surface area contributed by atoms with Gasteiger partial charge in [0.2, 0.25) is 0 Å². The first-order chi connectivity index (χ1) is 4.12. The van der Waals surface area contributed by atoms with Gasteiger partial charge in [-0.25, -0.2) is 0 Å². The molecule has 0 N–H and O–H groups in total. The third-order valence-corrected chi connectivity index (χ3v) is 9.63. The van der Waals surface area contributed by atoms with Crippen LogP contribution in [-0.2, 0) is 0 Å². The van der Waals surface area contributed by atoms with Crippen molar-refractivity contribution in [2.24, 2.45) is 0 Å². The SMILES string of the molecule is CC[CH2][Ge]([CH3])([CH3])[CH2]CC. The molecular formula is C8H20Ge. The van der Waals surface area contributed by atoms with Crippen molar-refractivity contribution in [1.82, 2.24) is 0 Å². The van der Waals surface area contributed by atoms with Crippen molar-refractivity contribution < 1.29 is 0 Å². The molecule has 0 aliphatic rings. The monoisotopic (exact) mass is 190 g/mol. The van der Waals surface area contributed by atoms with E-state index in [1.54, 1.807) is 10.5 Å². The predicted octanol–water partition coefficient (Wildman–Crippen LogP) is 3.51. The summed E-state index contributed by atoms with van der Waals surface area (Å²) in [6.07, 6.45) is 2.82. The summed E-state index contributed by atoms with van der Waals surface area (Å²) < 4.78 is 0.